The standard InChI is InChI=1S/C25H27N5O5/c1-15(2)27-19-4-3-7-26-23(19)29-8-10-30(11-9-29)24(33)20-13-17-12-16(5-6-18(17)28-20)21(31)14-22(32)25(34)35/h3-7,12-15,27-28,31H,8-11H2,1-2H3,(H,34,35). The molecule has 0 radical (unpaired) electrons. The van der Waals surface area contributed by atoms with Gasteiger partial charge < -0.3 is 30.3 Å². The lowest BCUT2D eigenvalue weighted by Gasteiger charge is -2.36. The highest BCUT2D eigenvalue weighted by Crippen LogP contribution is 2.26. The number of aromatic amines is 1. The summed E-state index contributed by atoms with van der Waals surface area (Å²) < 4.78 is 0. The molecule has 10 heteroatoms. The summed E-state index contributed by atoms with van der Waals surface area (Å²) in [6.45, 7) is 6.52. The molecule has 1 amide bonds. The topological polar surface area (TPSA) is 139 Å². The van der Waals surface area contributed by atoms with Gasteiger partial charge in [0, 0.05) is 61.0 Å². The van der Waals surface area contributed by atoms with Crippen LogP contribution in [0.5, 0.6) is 0 Å². The minimum atomic E-state index is -1.65. The number of carboxylic acid groups (broad SMARTS) is 1. The number of pyridine rings is 1. The van der Waals surface area contributed by atoms with Crippen molar-refractivity contribution in [3.05, 3.63) is 59.9 Å². The fraction of sp³-hybridized carbons (Fsp3) is 0.280. The van der Waals surface area contributed by atoms with Crippen LogP contribution in [0.1, 0.15) is 29.9 Å². The van der Waals surface area contributed by atoms with Crippen LogP contribution >= 0.6 is 0 Å². The molecule has 1 aliphatic rings. The molecule has 1 aliphatic heterocycles. The largest absolute Gasteiger partial charge is 0.507 e. The third kappa shape index (κ3) is 5.26. The number of anilines is 2. The number of aliphatic hydroxyl groups excluding tert-OH is 1. The number of aliphatic hydroxyl groups is 1. The Morgan fingerprint density at radius 1 is 1.09 bits per heavy atom. The number of aromatic nitrogens is 2. The number of rotatable bonds is 7. The molecule has 0 spiro atoms. The second kappa shape index (κ2) is 9.88. The molecule has 35 heavy (non-hydrogen) atoms. The van der Waals surface area contributed by atoms with Gasteiger partial charge in [0.15, 0.2) is 5.82 Å². The Labute approximate surface area is 201 Å². The highest BCUT2D eigenvalue weighted by molar-refractivity contribution is 6.38. The first-order valence-corrected chi connectivity index (χ1v) is 11.3. The molecule has 0 aliphatic carbocycles. The number of nitrogens with zero attached hydrogens (tertiary/aromatic N) is 3. The molecule has 0 atom stereocenters. The van der Waals surface area contributed by atoms with Gasteiger partial charge in [0.2, 0.25) is 0 Å². The third-order valence-corrected chi connectivity index (χ3v) is 5.72. The van der Waals surface area contributed by atoms with Crippen molar-refractivity contribution in [2.24, 2.45) is 0 Å². The minimum Gasteiger partial charge on any atom is -0.507 e. The summed E-state index contributed by atoms with van der Waals surface area (Å²) in [6.07, 6.45) is 2.42. The first-order valence-electron chi connectivity index (χ1n) is 11.3. The maximum atomic E-state index is 13.1. The van der Waals surface area contributed by atoms with Crippen molar-refractivity contribution in [1.29, 1.82) is 0 Å². The van der Waals surface area contributed by atoms with Crippen LogP contribution in [0.4, 0.5) is 11.5 Å². The SMILES string of the molecule is CC(C)Nc1cccnc1N1CCN(C(=O)c2cc3cc(C(O)=CC(=O)C(=O)O)ccc3[nH]2)CC1. The van der Waals surface area contributed by atoms with Crippen LogP contribution < -0.4 is 10.2 Å². The van der Waals surface area contributed by atoms with Crippen molar-refractivity contribution in [3.8, 4) is 0 Å². The van der Waals surface area contributed by atoms with E-state index in [1.165, 1.54) is 0 Å². The number of fused-ring (bicyclic) bond motifs is 1. The molecule has 182 valence electrons. The van der Waals surface area contributed by atoms with E-state index in [1.807, 2.05) is 12.1 Å². The average molecular weight is 478 g/mol. The molecule has 4 N–H and O–H groups in total. The Kier molecular flexibility index (Phi) is 6.72. The van der Waals surface area contributed by atoms with Gasteiger partial charge in [0.05, 0.1) is 5.69 Å². The predicted molar refractivity (Wildman–Crippen MR) is 133 cm³/mol. The molecule has 0 unspecified atom stereocenters. The fourth-order valence-electron chi connectivity index (χ4n) is 4.04. The van der Waals surface area contributed by atoms with Crippen LogP contribution in [0, 0.1) is 0 Å². The zero-order valence-electron chi connectivity index (χ0n) is 19.5. The van der Waals surface area contributed by atoms with Crippen molar-refractivity contribution in [1.82, 2.24) is 14.9 Å². The Morgan fingerprint density at radius 2 is 1.83 bits per heavy atom. The van der Waals surface area contributed by atoms with E-state index in [2.05, 4.69) is 34.0 Å². The number of carbonyl (C=O) groups is 3. The van der Waals surface area contributed by atoms with Gasteiger partial charge in [0.25, 0.3) is 11.7 Å². The molecule has 10 nitrogen and oxygen atoms in total. The Bertz CT molecular complexity index is 1300. The van der Waals surface area contributed by atoms with E-state index in [9.17, 15) is 19.5 Å². The summed E-state index contributed by atoms with van der Waals surface area (Å²) in [7, 11) is 0. The van der Waals surface area contributed by atoms with Crippen molar-refractivity contribution >= 4 is 45.8 Å². The van der Waals surface area contributed by atoms with Crippen molar-refractivity contribution < 1.29 is 24.6 Å². The van der Waals surface area contributed by atoms with E-state index < -0.39 is 17.5 Å². The smallest absolute Gasteiger partial charge is 0.376 e. The maximum Gasteiger partial charge on any atom is 0.376 e. The first-order chi connectivity index (χ1) is 16.7. The predicted octanol–water partition coefficient (Wildman–Crippen LogP) is 2.90. The molecular formula is C25H27N5O5. The number of amides is 1. The van der Waals surface area contributed by atoms with Crippen LogP contribution in [0.3, 0.4) is 0 Å². The number of piperazine rings is 1. The van der Waals surface area contributed by atoms with E-state index in [4.69, 9.17) is 5.11 Å². The van der Waals surface area contributed by atoms with Gasteiger partial charge in [-0.25, -0.2) is 9.78 Å². The van der Waals surface area contributed by atoms with Crippen LogP contribution in [-0.2, 0) is 9.59 Å². The van der Waals surface area contributed by atoms with Gasteiger partial charge in [0.1, 0.15) is 11.5 Å². The maximum absolute atomic E-state index is 13.1. The number of aliphatic carboxylic acids is 1. The van der Waals surface area contributed by atoms with Crippen LogP contribution in [0.15, 0.2) is 48.7 Å². The summed E-state index contributed by atoms with van der Waals surface area (Å²) in [4.78, 5) is 46.8. The minimum absolute atomic E-state index is 0.134. The van der Waals surface area contributed by atoms with Crippen molar-refractivity contribution in [3.63, 3.8) is 0 Å². The van der Waals surface area contributed by atoms with E-state index in [0.29, 0.717) is 48.9 Å². The number of carbonyl (C=O) groups excluding carboxylic acids is 2. The second-order valence-electron chi connectivity index (χ2n) is 8.64. The molecule has 1 saturated heterocycles. The van der Waals surface area contributed by atoms with E-state index in [1.54, 1.807) is 35.4 Å². The Balaban J connectivity index is 1.46. The van der Waals surface area contributed by atoms with Crippen LogP contribution in [-0.4, -0.2) is 75.0 Å². The summed E-state index contributed by atoms with van der Waals surface area (Å²) in [6, 6.07) is 10.7. The number of ketones is 1. The lowest BCUT2D eigenvalue weighted by atomic mass is 10.1. The van der Waals surface area contributed by atoms with Crippen molar-refractivity contribution in [2.45, 2.75) is 19.9 Å². The van der Waals surface area contributed by atoms with Gasteiger partial charge in [-0.3, -0.25) is 9.59 Å². The van der Waals surface area contributed by atoms with E-state index >= 15 is 0 Å². The van der Waals surface area contributed by atoms with Crippen molar-refractivity contribution in [2.75, 3.05) is 36.4 Å². The third-order valence-electron chi connectivity index (χ3n) is 5.72. The number of H-pyrrole nitrogens is 1. The fourth-order valence-corrected chi connectivity index (χ4v) is 4.04. The Hall–Kier alpha value is -4.34. The zero-order valence-corrected chi connectivity index (χ0v) is 19.5. The molecule has 2 aromatic heterocycles. The highest BCUT2D eigenvalue weighted by Gasteiger charge is 2.25. The number of carboxylic acids is 1. The number of hydrogen-bond acceptors (Lipinski definition) is 7. The molecule has 0 saturated carbocycles. The molecule has 3 heterocycles. The van der Waals surface area contributed by atoms with E-state index in [0.717, 1.165) is 11.5 Å². The highest BCUT2D eigenvalue weighted by atomic mass is 16.4. The molecular weight excluding hydrogens is 450 g/mol. The average Bonchev–Trinajstić information content (AvgIpc) is 3.27. The lowest BCUT2D eigenvalue weighted by molar-refractivity contribution is -0.146. The van der Waals surface area contributed by atoms with Gasteiger partial charge in [-0.05, 0) is 50.2 Å². The second-order valence-corrected chi connectivity index (χ2v) is 8.64. The summed E-state index contributed by atoms with van der Waals surface area (Å²) in [5, 5.41) is 22.9. The normalized spacial score (nSPS) is 14.4. The molecule has 1 fully saturated rings. The van der Waals surface area contributed by atoms with Gasteiger partial charge in [-0.2, -0.15) is 0 Å². The Morgan fingerprint density at radius 3 is 2.51 bits per heavy atom. The quantitative estimate of drug-likeness (QED) is 0.231. The van der Waals surface area contributed by atoms with Gasteiger partial charge >= 0.3 is 5.97 Å². The molecule has 3 aromatic rings. The molecule has 0 bridgehead atoms. The zero-order chi connectivity index (χ0) is 25.1. The monoisotopic (exact) mass is 477 g/mol. The summed E-state index contributed by atoms with van der Waals surface area (Å²) >= 11 is 0. The summed E-state index contributed by atoms with van der Waals surface area (Å²) in [5.74, 6) is -2.58. The molecule has 1 aromatic carbocycles. The van der Waals surface area contributed by atoms with Crippen LogP contribution in [0.25, 0.3) is 16.7 Å². The van der Waals surface area contributed by atoms with Crippen LogP contribution in [0.2, 0.25) is 0 Å². The van der Waals surface area contributed by atoms with E-state index in [-0.39, 0.29) is 17.5 Å². The van der Waals surface area contributed by atoms with Gasteiger partial charge in [-0.1, -0.05) is 0 Å². The number of hydrogen-bond donors (Lipinski definition) is 4. The number of nitrogens with one attached hydrogen (secondary N) is 2. The lowest BCUT2D eigenvalue weighted by Crippen LogP contribution is -2.49. The van der Waals surface area contributed by atoms with Gasteiger partial charge in [-0.15, -0.1) is 0 Å². The first kappa shape index (κ1) is 23.8. The summed E-state index contributed by atoms with van der Waals surface area (Å²) in [5.41, 5.74) is 2.35. The molecule has 4 rings (SSSR count). The number of benzene rings is 1.